The van der Waals surface area contributed by atoms with Gasteiger partial charge in [0.05, 0.1) is 0 Å². The molecule has 92 valence electrons. The molecular weight excluding hydrogens is 236 g/mol. The van der Waals surface area contributed by atoms with E-state index in [1.54, 1.807) is 12.1 Å². The molecule has 0 radical (unpaired) electrons. The Morgan fingerprint density at radius 3 is 2.88 bits per heavy atom. The SMILES string of the molecule is C=CCNC(=O)C(C)Nc1ccc(Cl)cc1C. The topological polar surface area (TPSA) is 41.1 Å². The first-order valence-electron chi connectivity index (χ1n) is 5.46. The average molecular weight is 253 g/mol. The van der Waals surface area contributed by atoms with Crippen LogP contribution in [0.4, 0.5) is 5.69 Å². The second-order valence-electron chi connectivity index (χ2n) is 3.86. The Balaban J connectivity index is 2.64. The molecule has 0 aromatic heterocycles. The molecule has 1 aromatic carbocycles. The molecule has 1 rings (SSSR count). The number of carbonyl (C=O) groups is 1. The van der Waals surface area contributed by atoms with E-state index in [2.05, 4.69) is 17.2 Å². The molecule has 1 aromatic rings. The number of anilines is 1. The molecule has 0 fully saturated rings. The van der Waals surface area contributed by atoms with Gasteiger partial charge in [0, 0.05) is 17.3 Å². The van der Waals surface area contributed by atoms with E-state index in [-0.39, 0.29) is 11.9 Å². The lowest BCUT2D eigenvalue weighted by Gasteiger charge is -2.16. The molecule has 1 atom stereocenters. The number of hydrogen-bond acceptors (Lipinski definition) is 2. The molecule has 17 heavy (non-hydrogen) atoms. The fourth-order valence-electron chi connectivity index (χ4n) is 1.41. The Bertz CT molecular complexity index is 418. The van der Waals surface area contributed by atoms with Crippen molar-refractivity contribution in [3.63, 3.8) is 0 Å². The highest BCUT2D eigenvalue weighted by atomic mass is 35.5. The van der Waals surface area contributed by atoms with Gasteiger partial charge in [-0.15, -0.1) is 6.58 Å². The van der Waals surface area contributed by atoms with E-state index in [0.717, 1.165) is 11.3 Å². The van der Waals surface area contributed by atoms with Gasteiger partial charge in [0.25, 0.3) is 0 Å². The van der Waals surface area contributed by atoms with Crippen LogP contribution in [0.3, 0.4) is 0 Å². The predicted octanol–water partition coefficient (Wildman–Crippen LogP) is 2.75. The molecule has 0 aliphatic carbocycles. The summed E-state index contributed by atoms with van der Waals surface area (Å²) in [6.07, 6.45) is 1.65. The lowest BCUT2D eigenvalue weighted by Crippen LogP contribution is -2.37. The summed E-state index contributed by atoms with van der Waals surface area (Å²) < 4.78 is 0. The number of nitrogens with one attached hydrogen (secondary N) is 2. The predicted molar refractivity (Wildman–Crippen MR) is 72.5 cm³/mol. The van der Waals surface area contributed by atoms with Crippen molar-refractivity contribution in [3.05, 3.63) is 41.4 Å². The number of amides is 1. The monoisotopic (exact) mass is 252 g/mol. The lowest BCUT2D eigenvalue weighted by atomic mass is 10.2. The van der Waals surface area contributed by atoms with Crippen molar-refractivity contribution in [2.24, 2.45) is 0 Å². The number of benzene rings is 1. The van der Waals surface area contributed by atoms with Crippen LogP contribution in [0.25, 0.3) is 0 Å². The fourth-order valence-corrected chi connectivity index (χ4v) is 1.64. The number of hydrogen-bond donors (Lipinski definition) is 2. The summed E-state index contributed by atoms with van der Waals surface area (Å²) in [5, 5.41) is 6.57. The van der Waals surface area contributed by atoms with E-state index in [9.17, 15) is 4.79 Å². The number of rotatable bonds is 5. The van der Waals surface area contributed by atoms with E-state index >= 15 is 0 Å². The summed E-state index contributed by atoms with van der Waals surface area (Å²) in [6.45, 7) is 7.79. The van der Waals surface area contributed by atoms with Gasteiger partial charge in [0.1, 0.15) is 6.04 Å². The van der Waals surface area contributed by atoms with Crippen molar-refractivity contribution in [1.29, 1.82) is 0 Å². The van der Waals surface area contributed by atoms with Crippen LogP contribution in [0.5, 0.6) is 0 Å². The van der Waals surface area contributed by atoms with Crippen LogP contribution < -0.4 is 10.6 Å². The van der Waals surface area contributed by atoms with Crippen LogP contribution in [0.2, 0.25) is 5.02 Å². The highest BCUT2D eigenvalue weighted by molar-refractivity contribution is 6.30. The zero-order chi connectivity index (χ0) is 12.8. The average Bonchev–Trinajstić information content (AvgIpc) is 2.29. The smallest absolute Gasteiger partial charge is 0.242 e. The normalized spacial score (nSPS) is 11.7. The molecule has 4 heteroatoms. The van der Waals surface area contributed by atoms with Gasteiger partial charge in [-0.3, -0.25) is 4.79 Å². The van der Waals surface area contributed by atoms with Gasteiger partial charge < -0.3 is 10.6 Å². The maximum absolute atomic E-state index is 11.6. The highest BCUT2D eigenvalue weighted by Gasteiger charge is 2.12. The fraction of sp³-hybridized carbons (Fsp3) is 0.308. The molecule has 1 unspecified atom stereocenters. The van der Waals surface area contributed by atoms with Crippen LogP contribution in [0.15, 0.2) is 30.9 Å². The number of carbonyl (C=O) groups excluding carboxylic acids is 1. The minimum atomic E-state index is -0.296. The van der Waals surface area contributed by atoms with Crippen molar-refractivity contribution >= 4 is 23.2 Å². The molecule has 0 bridgehead atoms. The van der Waals surface area contributed by atoms with Crippen LogP contribution in [0.1, 0.15) is 12.5 Å². The third kappa shape index (κ3) is 4.11. The molecule has 3 nitrogen and oxygen atoms in total. The van der Waals surface area contributed by atoms with Gasteiger partial charge in [-0.1, -0.05) is 17.7 Å². The van der Waals surface area contributed by atoms with Gasteiger partial charge in [-0.05, 0) is 37.6 Å². The van der Waals surface area contributed by atoms with E-state index in [1.807, 2.05) is 26.0 Å². The number of halogens is 1. The van der Waals surface area contributed by atoms with Gasteiger partial charge in [-0.25, -0.2) is 0 Å². The second kappa shape index (κ2) is 6.30. The maximum Gasteiger partial charge on any atom is 0.242 e. The standard InChI is InChI=1S/C13H17ClN2O/c1-4-7-15-13(17)10(3)16-12-6-5-11(14)8-9(12)2/h4-6,8,10,16H,1,7H2,2-3H3,(H,15,17). The molecule has 2 N–H and O–H groups in total. The molecule has 0 saturated heterocycles. The third-order valence-electron chi connectivity index (χ3n) is 2.37. The van der Waals surface area contributed by atoms with Crippen LogP contribution >= 0.6 is 11.6 Å². The van der Waals surface area contributed by atoms with Gasteiger partial charge >= 0.3 is 0 Å². The Labute approximate surface area is 107 Å². The largest absolute Gasteiger partial charge is 0.374 e. The minimum absolute atomic E-state index is 0.0562. The summed E-state index contributed by atoms with van der Waals surface area (Å²) in [6, 6.07) is 5.23. The van der Waals surface area contributed by atoms with E-state index in [0.29, 0.717) is 11.6 Å². The van der Waals surface area contributed by atoms with Crippen LogP contribution in [0, 0.1) is 6.92 Å². The van der Waals surface area contributed by atoms with Crippen LogP contribution in [-0.4, -0.2) is 18.5 Å². The number of aryl methyl sites for hydroxylation is 1. The van der Waals surface area contributed by atoms with Crippen molar-refractivity contribution in [1.82, 2.24) is 5.32 Å². The third-order valence-corrected chi connectivity index (χ3v) is 2.61. The van der Waals surface area contributed by atoms with Gasteiger partial charge in [0.15, 0.2) is 0 Å². The quantitative estimate of drug-likeness (QED) is 0.792. The zero-order valence-electron chi connectivity index (χ0n) is 10.1. The molecule has 0 heterocycles. The molecule has 1 amide bonds. The summed E-state index contributed by atoms with van der Waals surface area (Å²) >= 11 is 5.87. The summed E-state index contributed by atoms with van der Waals surface area (Å²) in [7, 11) is 0. The van der Waals surface area contributed by atoms with Crippen molar-refractivity contribution in [2.45, 2.75) is 19.9 Å². The zero-order valence-corrected chi connectivity index (χ0v) is 10.8. The first-order valence-corrected chi connectivity index (χ1v) is 5.83. The molecule has 0 aliphatic rings. The second-order valence-corrected chi connectivity index (χ2v) is 4.30. The first-order chi connectivity index (χ1) is 8.04. The van der Waals surface area contributed by atoms with E-state index in [1.165, 1.54) is 0 Å². The van der Waals surface area contributed by atoms with Crippen molar-refractivity contribution < 1.29 is 4.79 Å². The Kier molecular flexibility index (Phi) is 5.04. The Morgan fingerprint density at radius 1 is 1.59 bits per heavy atom. The summed E-state index contributed by atoms with van der Waals surface area (Å²) in [5.41, 5.74) is 1.93. The van der Waals surface area contributed by atoms with Crippen molar-refractivity contribution in [3.8, 4) is 0 Å². The maximum atomic E-state index is 11.6. The molecule has 0 saturated carbocycles. The molecule has 0 spiro atoms. The summed E-state index contributed by atoms with van der Waals surface area (Å²) in [5.74, 6) is -0.0562. The van der Waals surface area contributed by atoms with Crippen molar-refractivity contribution in [2.75, 3.05) is 11.9 Å². The van der Waals surface area contributed by atoms with E-state index in [4.69, 9.17) is 11.6 Å². The Hall–Kier alpha value is -1.48. The van der Waals surface area contributed by atoms with E-state index < -0.39 is 0 Å². The van der Waals surface area contributed by atoms with Crippen LogP contribution in [-0.2, 0) is 4.79 Å². The van der Waals surface area contributed by atoms with Gasteiger partial charge in [0.2, 0.25) is 5.91 Å². The molecular formula is C13H17ClN2O. The highest BCUT2D eigenvalue weighted by Crippen LogP contribution is 2.20. The minimum Gasteiger partial charge on any atom is -0.374 e. The first kappa shape index (κ1) is 13.6. The molecule has 0 aliphatic heterocycles. The summed E-state index contributed by atoms with van der Waals surface area (Å²) in [4.78, 5) is 11.6. The Morgan fingerprint density at radius 2 is 2.29 bits per heavy atom. The van der Waals surface area contributed by atoms with Gasteiger partial charge in [-0.2, -0.15) is 0 Å². The lowest BCUT2D eigenvalue weighted by molar-refractivity contribution is -0.121.